The highest BCUT2D eigenvalue weighted by molar-refractivity contribution is 5.69. The van der Waals surface area contributed by atoms with Crippen LogP contribution in [0.3, 0.4) is 0 Å². The molecule has 0 aliphatic carbocycles. The molecule has 0 heterocycles. The van der Waals surface area contributed by atoms with E-state index < -0.39 is 11.9 Å². The first-order chi connectivity index (χ1) is 7.13. The predicted molar refractivity (Wildman–Crippen MR) is 55.4 cm³/mol. The van der Waals surface area contributed by atoms with Gasteiger partial charge >= 0.3 is 11.9 Å². The molecule has 0 saturated carbocycles. The molecule has 0 radical (unpaired) electrons. The van der Waals surface area contributed by atoms with Crippen LogP contribution in [0.2, 0.25) is 0 Å². The average Bonchev–Trinajstić information content (AvgIpc) is 2.14. The zero-order valence-corrected chi connectivity index (χ0v) is 8.66. The van der Waals surface area contributed by atoms with Crippen LogP contribution in [0, 0.1) is 11.8 Å². The summed E-state index contributed by atoms with van der Waals surface area (Å²) in [4.78, 5) is 20.2. The number of hydrogen-bond donors (Lipinski definition) is 2. The van der Waals surface area contributed by atoms with Crippen molar-refractivity contribution in [3.8, 4) is 11.8 Å². The van der Waals surface area contributed by atoms with Gasteiger partial charge in [-0.15, -0.1) is 5.92 Å². The van der Waals surface area contributed by atoms with Gasteiger partial charge in [0.15, 0.2) is 0 Å². The molecule has 0 aromatic heterocycles. The maximum absolute atomic E-state index is 10.2. The summed E-state index contributed by atoms with van der Waals surface area (Å²) in [6.07, 6.45) is 4.29. The van der Waals surface area contributed by atoms with Crippen molar-refractivity contribution >= 4 is 11.9 Å². The van der Waals surface area contributed by atoms with E-state index in [1.165, 1.54) is 0 Å². The summed E-state index contributed by atoms with van der Waals surface area (Å²) >= 11 is 0. The van der Waals surface area contributed by atoms with Gasteiger partial charge in [-0.25, -0.2) is 0 Å². The van der Waals surface area contributed by atoms with Crippen LogP contribution in [0.1, 0.15) is 44.9 Å². The largest absolute Gasteiger partial charge is 0.481 e. The van der Waals surface area contributed by atoms with E-state index in [2.05, 4.69) is 11.8 Å². The molecule has 4 nitrogen and oxygen atoms in total. The van der Waals surface area contributed by atoms with Gasteiger partial charge in [0.1, 0.15) is 6.42 Å². The highest BCUT2D eigenvalue weighted by Crippen LogP contribution is 2.04. The maximum Gasteiger partial charge on any atom is 0.315 e. The van der Waals surface area contributed by atoms with Gasteiger partial charge < -0.3 is 10.2 Å². The smallest absolute Gasteiger partial charge is 0.315 e. The Labute approximate surface area is 89.3 Å². The van der Waals surface area contributed by atoms with Crippen molar-refractivity contribution in [1.82, 2.24) is 0 Å². The van der Waals surface area contributed by atoms with Gasteiger partial charge in [-0.1, -0.05) is 18.8 Å². The van der Waals surface area contributed by atoms with Crippen molar-refractivity contribution in [1.29, 1.82) is 0 Å². The van der Waals surface area contributed by atoms with Crippen LogP contribution in [-0.4, -0.2) is 22.2 Å². The van der Waals surface area contributed by atoms with Crippen LogP contribution in [0.5, 0.6) is 0 Å². The minimum Gasteiger partial charge on any atom is -0.481 e. The SMILES string of the molecule is O=C(O)CC#CCCCCCCC(=O)O. The predicted octanol–water partition coefficient (Wildman–Crippen LogP) is 1.89. The first-order valence-corrected chi connectivity index (χ1v) is 5.02. The Kier molecular flexibility index (Phi) is 8.16. The molecule has 0 saturated heterocycles. The van der Waals surface area contributed by atoms with E-state index in [4.69, 9.17) is 10.2 Å². The molecule has 84 valence electrons. The number of carboxylic acid groups (broad SMARTS) is 2. The van der Waals surface area contributed by atoms with Gasteiger partial charge in [-0.05, 0) is 12.8 Å². The van der Waals surface area contributed by atoms with Crippen LogP contribution in [-0.2, 0) is 9.59 Å². The lowest BCUT2D eigenvalue weighted by molar-refractivity contribution is -0.137. The fraction of sp³-hybridized carbons (Fsp3) is 0.636. The molecule has 15 heavy (non-hydrogen) atoms. The zero-order chi connectivity index (χ0) is 11.5. The molecular formula is C11H16O4. The van der Waals surface area contributed by atoms with E-state index in [1.54, 1.807) is 0 Å². The third kappa shape index (κ3) is 12.5. The van der Waals surface area contributed by atoms with E-state index >= 15 is 0 Å². The van der Waals surface area contributed by atoms with Gasteiger partial charge in [0.05, 0.1) is 0 Å². The molecule has 0 unspecified atom stereocenters. The molecule has 0 amide bonds. The summed E-state index contributed by atoms with van der Waals surface area (Å²) in [7, 11) is 0. The van der Waals surface area contributed by atoms with Crippen molar-refractivity contribution < 1.29 is 19.8 Å². The number of hydrogen-bond acceptors (Lipinski definition) is 2. The summed E-state index contributed by atoms with van der Waals surface area (Å²) in [6.45, 7) is 0. The first-order valence-electron chi connectivity index (χ1n) is 5.02. The van der Waals surface area contributed by atoms with Crippen LogP contribution >= 0.6 is 0 Å². The second-order valence-electron chi connectivity index (χ2n) is 3.23. The van der Waals surface area contributed by atoms with Gasteiger partial charge in [0, 0.05) is 12.8 Å². The third-order valence-electron chi connectivity index (χ3n) is 1.81. The minimum atomic E-state index is -0.899. The third-order valence-corrected chi connectivity index (χ3v) is 1.81. The molecular weight excluding hydrogens is 196 g/mol. The second-order valence-corrected chi connectivity index (χ2v) is 3.23. The first kappa shape index (κ1) is 13.5. The van der Waals surface area contributed by atoms with E-state index in [0.29, 0.717) is 12.8 Å². The molecule has 0 rings (SSSR count). The Balaban J connectivity index is 3.20. The van der Waals surface area contributed by atoms with Gasteiger partial charge in [-0.3, -0.25) is 9.59 Å². The maximum atomic E-state index is 10.2. The minimum absolute atomic E-state index is 0.0982. The van der Waals surface area contributed by atoms with Gasteiger partial charge in [0.2, 0.25) is 0 Å². The summed E-state index contributed by atoms with van der Waals surface area (Å²) in [5.41, 5.74) is 0. The molecule has 0 aliphatic heterocycles. The number of aliphatic carboxylic acids is 2. The van der Waals surface area contributed by atoms with E-state index in [1.807, 2.05) is 0 Å². The molecule has 0 fully saturated rings. The van der Waals surface area contributed by atoms with Gasteiger partial charge in [-0.2, -0.15) is 0 Å². The number of rotatable bonds is 7. The molecule has 0 bridgehead atoms. The summed E-state index contributed by atoms with van der Waals surface area (Å²) in [6, 6.07) is 0. The van der Waals surface area contributed by atoms with E-state index in [9.17, 15) is 9.59 Å². The fourth-order valence-corrected chi connectivity index (χ4v) is 1.07. The molecule has 2 N–H and O–H groups in total. The lowest BCUT2D eigenvalue weighted by Crippen LogP contribution is -1.93. The van der Waals surface area contributed by atoms with Crippen LogP contribution in [0.25, 0.3) is 0 Å². The monoisotopic (exact) mass is 212 g/mol. The van der Waals surface area contributed by atoms with E-state index in [-0.39, 0.29) is 12.8 Å². The normalized spacial score (nSPS) is 9.07. The summed E-state index contributed by atoms with van der Waals surface area (Å²) < 4.78 is 0. The second kappa shape index (κ2) is 9.07. The topological polar surface area (TPSA) is 74.6 Å². The highest BCUT2D eigenvalue weighted by atomic mass is 16.4. The van der Waals surface area contributed by atoms with Gasteiger partial charge in [0.25, 0.3) is 0 Å². The Bertz CT molecular complexity index is 259. The molecule has 0 atom stereocenters. The summed E-state index contributed by atoms with van der Waals surface area (Å²) in [5, 5.41) is 16.6. The van der Waals surface area contributed by atoms with Crippen molar-refractivity contribution in [2.24, 2.45) is 0 Å². The fourth-order valence-electron chi connectivity index (χ4n) is 1.07. The van der Waals surface area contributed by atoms with E-state index in [0.717, 1.165) is 19.3 Å². The standard InChI is InChI=1S/C11H16O4/c12-10(13)8-6-4-2-1-3-5-7-9-11(14)15/h1-4,6,8-9H2,(H,12,13)(H,14,15). The lowest BCUT2D eigenvalue weighted by Gasteiger charge is -1.95. The Morgan fingerprint density at radius 3 is 2.13 bits per heavy atom. The molecule has 0 spiro atoms. The average molecular weight is 212 g/mol. The molecule has 0 aromatic carbocycles. The molecule has 0 aliphatic rings. The quantitative estimate of drug-likeness (QED) is 0.499. The Morgan fingerprint density at radius 2 is 1.53 bits per heavy atom. The van der Waals surface area contributed by atoms with Crippen molar-refractivity contribution in [2.75, 3.05) is 0 Å². The number of unbranched alkanes of at least 4 members (excludes halogenated alkanes) is 4. The lowest BCUT2D eigenvalue weighted by atomic mass is 10.1. The van der Waals surface area contributed by atoms with Crippen molar-refractivity contribution in [2.45, 2.75) is 44.9 Å². The van der Waals surface area contributed by atoms with Crippen molar-refractivity contribution in [3.05, 3.63) is 0 Å². The Morgan fingerprint density at radius 1 is 0.867 bits per heavy atom. The molecule has 0 aromatic rings. The van der Waals surface area contributed by atoms with Crippen LogP contribution in [0.15, 0.2) is 0 Å². The zero-order valence-electron chi connectivity index (χ0n) is 8.66. The van der Waals surface area contributed by atoms with Crippen molar-refractivity contribution in [3.63, 3.8) is 0 Å². The number of carboxylic acids is 2. The van der Waals surface area contributed by atoms with Crippen LogP contribution < -0.4 is 0 Å². The number of carbonyl (C=O) groups is 2. The summed E-state index contributed by atoms with van der Waals surface area (Å²) in [5.74, 6) is 3.67. The highest BCUT2D eigenvalue weighted by Gasteiger charge is 1.95. The molecule has 4 heteroatoms. The van der Waals surface area contributed by atoms with Crippen LogP contribution in [0.4, 0.5) is 0 Å². The Hall–Kier alpha value is -1.50.